The molecule has 3 heterocycles. The number of nitrogens with one attached hydrogen (secondary N) is 2. The van der Waals surface area contributed by atoms with Gasteiger partial charge in [-0.25, -0.2) is 0 Å². The zero-order valence-corrected chi connectivity index (χ0v) is 28.6. The van der Waals surface area contributed by atoms with Gasteiger partial charge in [-0.3, -0.25) is 9.59 Å². The number of ether oxygens (including phenoxy) is 2. The molecule has 1 aromatic heterocycles. The molecule has 0 unspecified atom stereocenters. The van der Waals surface area contributed by atoms with E-state index in [1.54, 1.807) is 0 Å². The van der Waals surface area contributed by atoms with E-state index in [0.717, 1.165) is 36.7 Å². The fraction of sp³-hybridized carbons (Fsp3) is 0.684. The second kappa shape index (κ2) is 13.3. The third-order valence-electron chi connectivity index (χ3n) is 11.4. The number of benzene rings is 1. The molecular weight excluding hydrogens is 578 g/mol. The molecule has 1 spiro atoms. The van der Waals surface area contributed by atoms with Crippen molar-refractivity contribution in [2.24, 2.45) is 11.3 Å². The Labute approximate surface area is 275 Å². The molecule has 0 atom stereocenters. The SMILES string of the molecule is Cc1c(C(=O)NCC2(C(=O)NCCCO)CCOCC2)cc(-c2cc(C(C)(C)C)c3c(c2)C2(CCO3)CC2)n1CC1CCCCC1. The van der Waals surface area contributed by atoms with E-state index in [4.69, 9.17) is 9.47 Å². The Morgan fingerprint density at radius 3 is 2.39 bits per heavy atom. The van der Waals surface area contributed by atoms with Crippen LogP contribution < -0.4 is 15.4 Å². The lowest BCUT2D eigenvalue weighted by Gasteiger charge is -2.35. The Morgan fingerprint density at radius 1 is 0.978 bits per heavy atom. The van der Waals surface area contributed by atoms with Crippen LogP contribution in [-0.2, 0) is 26.9 Å². The third kappa shape index (κ3) is 6.62. The maximum atomic E-state index is 14.1. The van der Waals surface area contributed by atoms with Crippen molar-refractivity contribution in [1.82, 2.24) is 15.2 Å². The van der Waals surface area contributed by atoms with Gasteiger partial charge < -0.3 is 29.8 Å². The molecule has 4 aliphatic rings. The van der Waals surface area contributed by atoms with Gasteiger partial charge in [-0.1, -0.05) is 40.0 Å². The van der Waals surface area contributed by atoms with Gasteiger partial charge in [-0.2, -0.15) is 0 Å². The van der Waals surface area contributed by atoms with Gasteiger partial charge in [0.1, 0.15) is 5.75 Å². The lowest BCUT2D eigenvalue weighted by atomic mass is 9.79. The minimum atomic E-state index is -0.719. The molecule has 2 amide bonds. The van der Waals surface area contributed by atoms with Crippen molar-refractivity contribution >= 4 is 11.8 Å². The quantitative estimate of drug-likeness (QED) is 0.271. The van der Waals surface area contributed by atoms with E-state index < -0.39 is 5.41 Å². The van der Waals surface area contributed by atoms with Crippen LogP contribution >= 0.6 is 0 Å². The maximum absolute atomic E-state index is 14.1. The molecule has 1 aromatic carbocycles. The van der Waals surface area contributed by atoms with E-state index in [2.05, 4.69) is 61.1 Å². The molecule has 252 valence electrons. The van der Waals surface area contributed by atoms with Gasteiger partial charge in [-0.15, -0.1) is 0 Å². The molecule has 0 radical (unpaired) electrons. The molecule has 0 bridgehead atoms. The van der Waals surface area contributed by atoms with Crippen molar-refractivity contribution in [3.63, 3.8) is 0 Å². The topological polar surface area (TPSA) is 102 Å². The van der Waals surface area contributed by atoms with Crippen LogP contribution in [0.5, 0.6) is 5.75 Å². The second-order valence-corrected chi connectivity index (χ2v) is 15.6. The summed E-state index contributed by atoms with van der Waals surface area (Å²) in [5.74, 6) is 1.47. The van der Waals surface area contributed by atoms with Crippen LogP contribution in [0.2, 0.25) is 0 Å². The van der Waals surface area contributed by atoms with E-state index in [1.165, 1.54) is 61.6 Å². The van der Waals surface area contributed by atoms with Crippen molar-refractivity contribution in [3.05, 3.63) is 40.6 Å². The number of aliphatic hydroxyl groups excluding tert-OH is 1. The zero-order valence-electron chi connectivity index (χ0n) is 28.6. The number of carbonyl (C=O) groups is 2. The third-order valence-corrected chi connectivity index (χ3v) is 11.4. The summed E-state index contributed by atoms with van der Waals surface area (Å²) < 4.78 is 14.4. The monoisotopic (exact) mass is 633 g/mol. The molecule has 2 aliphatic carbocycles. The Morgan fingerprint density at radius 2 is 1.72 bits per heavy atom. The Hall–Kier alpha value is -2.84. The van der Waals surface area contributed by atoms with Gasteiger partial charge in [0.05, 0.1) is 17.6 Å². The smallest absolute Gasteiger partial charge is 0.253 e. The molecule has 2 aromatic rings. The second-order valence-electron chi connectivity index (χ2n) is 15.6. The molecule has 1 saturated heterocycles. The first kappa shape index (κ1) is 33.1. The predicted octanol–water partition coefficient (Wildman–Crippen LogP) is 6.18. The van der Waals surface area contributed by atoms with Crippen molar-refractivity contribution in [2.45, 2.75) is 116 Å². The Kier molecular flexibility index (Phi) is 9.60. The Balaban J connectivity index is 1.35. The first-order valence-corrected chi connectivity index (χ1v) is 17.8. The van der Waals surface area contributed by atoms with E-state index in [0.29, 0.717) is 50.5 Å². The highest BCUT2D eigenvalue weighted by molar-refractivity contribution is 5.97. The molecule has 3 N–H and O–H groups in total. The fourth-order valence-corrected chi connectivity index (χ4v) is 8.07. The standard InChI is InChI=1S/C38H55N3O5/c1-26-29(34(43)40-25-38(13-18-45-19-14-38)35(44)39-16-8-17-42)23-32(41(26)24-27-9-6-5-7-10-27)28-21-30(36(2,3)4)33-31(22-28)37(11-12-37)15-20-46-33/h21-23,27,42H,5-20,24-25H2,1-4H3,(H,39,44)(H,40,43). The number of nitrogens with zero attached hydrogens (tertiary/aromatic N) is 1. The van der Waals surface area contributed by atoms with Gasteiger partial charge in [0.15, 0.2) is 0 Å². The average molecular weight is 634 g/mol. The minimum absolute atomic E-state index is 0.0298. The first-order valence-electron chi connectivity index (χ1n) is 17.8. The van der Waals surface area contributed by atoms with Crippen LogP contribution in [0.3, 0.4) is 0 Å². The van der Waals surface area contributed by atoms with E-state index >= 15 is 0 Å². The van der Waals surface area contributed by atoms with E-state index in [1.807, 2.05) is 0 Å². The summed E-state index contributed by atoms with van der Waals surface area (Å²) in [7, 11) is 0. The number of hydrogen-bond acceptors (Lipinski definition) is 5. The van der Waals surface area contributed by atoms with Crippen molar-refractivity contribution < 1.29 is 24.2 Å². The van der Waals surface area contributed by atoms with Crippen LogP contribution in [0.4, 0.5) is 0 Å². The van der Waals surface area contributed by atoms with Crippen molar-refractivity contribution in [1.29, 1.82) is 0 Å². The number of aliphatic hydroxyl groups is 1. The predicted molar refractivity (Wildman–Crippen MR) is 180 cm³/mol. The molecule has 46 heavy (non-hydrogen) atoms. The van der Waals surface area contributed by atoms with Gasteiger partial charge in [0, 0.05) is 67.4 Å². The summed E-state index contributed by atoms with van der Waals surface area (Å²) in [6, 6.07) is 6.79. The number of rotatable bonds is 10. The largest absolute Gasteiger partial charge is 0.493 e. The summed E-state index contributed by atoms with van der Waals surface area (Å²) in [6.45, 7) is 12.3. The number of hydrogen-bond donors (Lipinski definition) is 3. The molecule has 2 aliphatic heterocycles. The zero-order chi connectivity index (χ0) is 32.5. The summed E-state index contributed by atoms with van der Waals surface area (Å²) in [5.41, 5.74) is 5.96. The van der Waals surface area contributed by atoms with E-state index in [-0.39, 0.29) is 35.8 Å². The Bertz CT molecular complexity index is 1400. The van der Waals surface area contributed by atoms with Gasteiger partial charge in [0.25, 0.3) is 5.91 Å². The number of amides is 2. The molecular formula is C38H55N3O5. The molecule has 3 fully saturated rings. The van der Waals surface area contributed by atoms with Crippen molar-refractivity contribution in [2.75, 3.05) is 39.5 Å². The van der Waals surface area contributed by atoms with Gasteiger partial charge in [-0.05, 0) is 93.4 Å². The number of aromatic nitrogens is 1. The van der Waals surface area contributed by atoms with Crippen molar-refractivity contribution in [3.8, 4) is 17.0 Å². The number of carbonyl (C=O) groups excluding carboxylic acids is 2. The van der Waals surface area contributed by atoms with Crippen LogP contribution in [0.1, 0.15) is 119 Å². The molecule has 8 nitrogen and oxygen atoms in total. The highest BCUT2D eigenvalue weighted by atomic mass is 16.5. The number of fused-ring (bicyclic) bond motifs is 2. The molecule has 8 heteroatoms. The van der Waals surface area contributed by atoms with E-state index in [9.17, 15) is 14.7 Å². The summed E-state index contributed by atoms with van der Waals surface area (Å²) in [4.78, 5) is 27.4. The molecule has 2 saturated carbocycles. The highest BCUT2D eigenvalue weighted by Gasteiger charge is 2.49. The first-order chi connectivity index (χ1) is 22.1. The van der Waals surface area contributed by atoms with Crippen LogP contribution in [0.15, 0.2) is 18.2 Å². The van der Waals surface area contributed by atoms with Crippen LogP contribution in [0, 0.1) is 18.3 Å². The fourth-order valence-electron chi connectivity index (χ4n) is 8.07. The molecule has 6 rings (SSSR count). The van der Waals surface area contributed by atoms with Crippen LogP contribution in [0.25, 0.3) is 11.3 Å². The minimum Gasteiger partial charge on any atom is -0.493 e. The normalized spacial score (nSPS) is 20.5. The average Bonchev–Trinajstić information content (AvgIpc) is 3.75. The van der Waals surface area contributed by atoms with Gasteiger partial charge >= 0.3 is 0 Å². The summed E-state index contributed by atoms with van der Waals surface area (Å²) >= 11 is 0. The summed E-state index contributed by atoms with van der Waals surface area (Å²) in [5, 5.41) is 15.4. The lowest BCUT2D eigenvalue weighted by molar-refractivity contribution is -0.136. The summed E-state index contributed by atoms with van der Waals surface area (Å²) in [6.07, 6.45) is 11.4. The maximum Gasteiger partial charge on any atom is 0.253 e. The highest BCUT2D eigenvalue weighted by Crippen LogP contribution is 2.58. The van der Waals surface area contributed by atoms with Crippen LogP contribution in [-0.4, -0.2) is 61.0 Å². The van der Waals surface area contributed by atoms with Gasteiger partial charge in [0.2, 0.25) is 5.91 Å². The lowest BCUT2D eigenvalue weighted by Crippen LogP contribution is -2.51.